The van der Waals surface area contributed by atoms with Gasteiger partial charge in [-0.05, 0) is 18.1 Å². The van der Waals surface area contributed by atoms with E-state index in [4.69, 9.17) is 9.84 Å². The normalized spacial score (nSPS) is 15.5. The van der Waals surface area contributed by atoms with Crippen molar-refractivity contribution in [3.05, 3.63) is 29.6 Å². The van der Waals surface area contributed by atoms with Crippen LogP contribution in [-0.2, 0) is 11.3 Å². The number of ether oxygens (including phenoxy) is 1. The summed E-state index contributed by atoms with van der Waals surface area (Å²) in [5, 5.41) is 8.99. The van der Waals surface area contributed by atoms with Crippen molar-refractivity contribution < 1.29 is 19.4 Å². The van der Waals surface area contributed by atoms with Crippen molar-refractivity contribution in [3.8, 4) is 0 Å². The van der Waals surface area contributed by atoms with Crippen LogP contribution in [0.15, 0.2) is 18.5 Å². The molecule has 1 aromatic rings. The molecule has 2 heterocycles. The quantitative estimate of drug-likeness (QED) is 0.850. The smallest absolute Gasteiger partial charge is 0.410 e. The zero-order valence-electron chi connectivity index (χ0n) is 9.13. The van der Waals surface area contributed by atoms with Crippen molar-refractivity contribution in [1.29, 1.82) is 0 Å². The highest BCUT2D eigenvalue weighted by Crippen LogP contribution is 2.14. The maximum absolute atomic E-state index is 11.4. The van der Waals surface area contributed by atoms with E-state index in [-0.39, 0.29) is 12.1 Å². The molecule has 1 N–H and O–H groups in total. The molecule has 1 aromatic heterocycles. The number of nitrogens with zero attached hydrogens (tertiary/aromatic N) is 2. The van der Waals surface area contributed by atoms with Gasteiger partial charge in [0.2, 0.25) is 0 Å². The summed E-state index contributed by atoms with van der Waals surface area (Å²) in [5.74, 6) is -1.04. The van der Waals surface area contributed by atoms with Gasteiger partial charge in [0.05, 0.1) is 12.2 Å². The van der Waals surface area contributed by atoms with Crippen LogP contribution in [0.1, 0.15) is 22.3 Å². The minimum atomic E-state index is -1.04. The van der Waals surface area contributed by atoms with Crippen molar-refractivity contribution >= 4 is 12.1 Å². The third kappa shape index (κ3) is 2.52. The van der Waals surface area contributed by atoms with Crippen LogP contribution in [-0.4, -0.2) is 40.2 Å². The molecule has 6 heteroatoms. The van der Waals surface area contributed by atoms with E-state index in [2.05, 4.69) is 4.98 Å². The first-order chi connectivity index (χ1) is 8.18. The van der Waals surface area contributed by atoms with Crippen LogP contribution >= 0.6 is 0 Å². The summed E-state index contributed by atoms with van der Waals surface area (Å²) in [6.45, 7) is 1.25. The van der Waals surface area contributed by atoms with Gasteiger partial charge in [0.1, 0.15) is 0 Å². The number of carbonyl (C=O) groups is 2. The lowest BCUT2D eigenvalue weighted by atomic mass is 10.1. The molecule has 90 valence electrons. The van der Waals surface area contributed by atoms with Crippen molar-refractivity contribution in [1.82, 2.24) is 9.88 Å². The molecule has 1 fully saturated rings. The van der Waals surface area contributed by atoms with Crippen LogP contribution in [0.25, 0.3) is 0 Å². The summed E-state index contributed by atoms with van der Waals surface area (Å²) in [6, 6.07) is 1.60. The maximum atomic E-state index is 11.4. The number of carbonyl (C=O) groups excluding carboxylic acids is 1. The van der Waals surface area contributed by atoms with E-state index in [1.807, 2.05) is 0 Å². The fraction of sp³-hybridized carbons (Fsp3) is 0.364. The molecule has 0 atom stereocenters. The molecule has 6 nitrogen and oxygen atoms in total. The van der Waals surface area contributed by atoms with E-state index in [1.165, 1.54) is 17.3 Å². The number of pyridine rings is 1. The van der Waals surface area contributed by atoms with Gasteiger partial charge in [0, 0.05) is 25.5 Å². The number of carboxylic acid groups (broad SMARTS) is 1. The van der Waals surface area contributed by atoms with E-state index in [1.54, 1.807) is 6.07 Å². The Morgan fingerprint density at radius 2 is 2.41 bits per heavy atom. The Hall–Kier alpha value is -2.11. The van der Waals surface area contributed by atoms with Gasteiger partial charge in [0.25, 0.3) is 0 Å². The molecule has 0 radical (unpaired) electrons. The van der Waals surface area contributed by atoms with Gasteiger partial charge < -0.3 is 14.7 Å². The van der Waals surface area contributed by atoms with Gasteiger partial charge in [-0.25, -0.2) is 9.59 Å². The lowest BCUT2D eigenvalue weighted by molar-refractivity contribution is 0.0659. The van der Waals surface area contributed by atoms with E-state index < -0.39 is 12.1 Å². The molecule has 0 aliphatic carbocycles. The van der Waals surface area contributed by atoms with Crippen LogP contribution < -0.4 is 0 Å². The number of aromatic nitrogens is 1. The maximum Gasteiger partial charge on any atom is 0.410 e. The Kier molecular flexibility index (Phi) is 3.22. The van der Waals surface area contributed by atoms with Crippen LogP contribution in [0.2, 0.25) is 0 Å². The molecule has 1 aliphatic heterocycles. The second-order valence-corrected chi connectivity index (χ2v) is 3.73. The van der Waals surface area contributed by atoms with Gasteiger partial charge >= 0.3 is 12.1 Å². The Balaban J connectivity index is 2.17. The average molecular weight is 236 g/mol. The first-order valence-corrected chi connectivity index (χ1v) is 5.26. The molecule has 1 amide bonds. The highest BCUT2D eigenvalue weighted by molar-refractivity contribution is 5.89. The summed E-state index contributed by atoms with van der Waals surface area (Å²) in [4.78, 5) is 27.6. The Morgan fingerprint density at radius 3 is 3.12 bits per heavy atom. The van der Waals surface area contributed by atoms with Crippen molar-refractivity contribution in [2.24, 2.45) is 0 Å². The number of hydrogen-bond acceptors (Lipinski definition) is 4. The fourth-order valence-electron chi connectivity index (χ4n) is 1.70. The van der Waals surface area contributed by atoms with Crippen LogP contribution in [0.4, 0.5) is 4.79 Å². The first-order valence-electron chi connectivity index (χ1n) is 5.26. The van der Waals surface area contributed by atoms with Gasteiger partial charge in [-0.1, -0.05) is 0 Å². The minimum Gasteiger partial charge on any atom is -0.478 e. The molecular formula is C11H12N2O4. The molecule has 0 spiro atoms. The van der Waals surface area contributed by atoms with Crippen molar-refractivity contribution in [2.45, 2.75) is 13.0 Å². The molecule has 2 rings (SSSR count). The highest BCUT2D eigenvalue weighted by atomic mass is 16.6. The summed E-state index contributed by atoms with van der Waals surface area (Å²) in [7, 11) is 0. The Bertz CT molecular complexity index is 447. The van der Waals surface area contributed by atoms with Crippen LogP contribution in [0.3, 0.4) is 0 Å². The molecule has 1 aliphatic rings. The lowest BCUT2D eigenvalue weighted by Crippen LogP contribution is -2.37. The molecule has 0 unspecified atom stereocenters. The summed E-state index contributed by atoms with van der Waals surface area (Å²) in [6.07, 6.45) is 3.16. The van der Waals surface area contributed by atoms with Crippen molar-refractivity contribution in [2.75, 3.05) is 13.2 Å². The van der Waals surface area contributed by atoms with Gasteiger partial charge in [-0.15, -0.1) is 0 Å². The van der Waals surface area contributed by atoms with Gasteiger partial charge in [-0.2, -0.15) is 0 Å². The van der Waals surface area contributed by atoms with Gasteiger partial charge in [0.15, 0.2) is 0 Å². The SMILES string of the molecule is O=C(O)c1cnccc1CN1CCCOC1=O. The molecular weight excluding hydrogens is 224 g/mol. The largest absolute Gasteiger partial charge is 0.478 e. The molecule has 0 aromatic carbocycles. The predicted octanol–water partition coefficient (Wildman–Crippen LogP) is 1.12. The second-order valence-electron chi connectivity index (χ2n) is 3.73. The topological polar surface area (TPSA) is 79.7 Å². The van der Waals surface area contributed by atoms with E-state index in [9.17, 15) is 9.59 Å². The zero-order valence-corrected chi connectivity index (χ0v) is 9.13. The predicted molar refractivity (Wildman–Crippen MR) is 57.6 cm³/mol. The number of hydrogen-bond donors (Lipinski definition) is 1. The number of aromatic carboxylic acids is 1. The molecule has 0 bridgehead atoms. The van der Waals surface area contributed by atoms with Crippen LogP contribution in [0.5, 0.6) is 0 Å². The number of rotatable bonds is 3. The highest BCUT2D eigenvalue weighted by Gasteiger charge is 2.21. The number of carboxylic acids is 1. The van der Waals surface area contributed by atoms with E-state index >= 15 is 0 Å². The monoisotopic (exact) mass is 236 g/mol. The van der Waals surface area contributed by atoms with Crippen LogP contribution in [0, 0.1) is 0 Å². The first kappa shape index (κ1) is 11.4. The average Bonchev–Trinajstić information content (AvgIpc) is 2.32. The number of cyclic esters (lactones) is 1. The third-order valence-electron chi connectivity index (χ3n) is 2.56. The zero-order chi connectivity index (χ0) is 12.3. The van der Waals surface area contributed by atoms with E-state index in [0.717, 1.165) is 6.42 Å². The van der Waals surface area contributed by atoms with E-state index in [0.29, 0.717) is 18.7 Å². The lowest BCUT2D eigenvalue weighted by Gasteiger charge is -2.26. The number of amides is 1. The Labute approximate surface area is 97.8 Å². The minimum absolute atomic E-state index is 0.117. The third-order valence-corrected chi connectivity index (χ3v) is 2.56. The standard InChI is InChI=1S/C11H12N2O4/c14-10(15)9-6-12-3-2-8(9)7-13-4-1-5-17-11(13)16/h2-3,6H,1,4-5,7H2,(H,14,15). The molecule has 17 heavy (non-hydrogen) atoms. The summed E-state index contributed by atoms with van der Waals surface area (Å²) >= 11 is 0. The molecule has 1 saturated heterocycles. The van der Waals surface area contributed by atoms with Crippen molar-refractivity contribution in [3.63, 3.8) is 0 Å². The second kappa shape index (κ2) is 4.82. The fourth-order valence-corrected chi connectivity index (χ4v) is 1.70. The Morgan fingerprint density at radius 1 is 1.59 bits per heavy atom. The summed E-state index contributed by atoms with van der Waals surface area (Å²) in [5.41, 5.74) is 0.678. The van der Waals surface area contributed by atoms with Gasteiger partial charge in [-0.3, -0.25) is 4.98 Å². The molecule has 0 saturated carbocycles. The summed E-state index contributed by atoms with van der Waals surface area (Å²) < 4.78 is 4.89.